The Kier molecular flexibility index (Phi) is 2.85. The van der Waals surface area contributed by atoms with E-state index in [1.165, 1.54) is 24.0 Å². The van der Waals surface area contributed by atoms with Crippen LogP contribution < -0.4 is 5.32 Å². The molecular formula is C18H18FN. The average Bonchev–Trinajstić information content (AvgIpc) is 2.83. The summed E-state index contributed by atoms with van der Waals surface area (Å²) >= 11 is 0. The smallest absolute Gasteiger partial charge is 0.127 e. The van der Waals surface area contributed by atoms with Crippen LogP contribution in [0.5, 0.6) is 0 Å². The number of halogens is 1. The minimum atomic E-state index is -0.0708. The Morgan fingerprint density at radius 3 is 2.40 bits per heavy atom. The number of hydrogen-bond acceptors (Lipinski definition) is 1. The highest BCUT2D eigenvalue weighted by molar-refractivity contribution is 5.46. The van der Waals surface area contributed by atoms with Crippen LogP contribution in [0.3, 0.4) is 0 Å². The van der Waals surface area contributed by atoms with Gasteiger partial charge in [-0.25, -0.2) is 4.39 Å². The van der Waals surface area contributed by atoms with Crippen LogP contribution in [-0.4, -0.2) is 6.54 Å². The van der Waals surface area contributed by atoms with Crippen molar-refractivity contribution in [3.8, 4) is 0 Å². The second-order valence-electron chi connectivity index (χ2n) is 5.87. The zero-order valence-electron chi connectivity index (χ0n) is 11.4. The summed E-state index contributed by atoms with van der Waals surface area (Å²) in [6.07, 6.45) is 2.35. The van der Waals surface area contributed by atoms with Crippen molar-refractivity contribution in [3.63, 3.8) is 0 Å². The van der Waals surface area contributed by atoms with E-state index in [1.807, 2.05) is 12.1 Å². The second-order valence-corrected chi connectivity index (χ2v) is 5.87. The topological polar surface area (TPSA) is 12.0 Å². The molecule has 4 rings (SSSR count). The first kappa shape index (κ1) is 12.1. The van der Waals surface area contributed by atoms with Crippen molar-refractivity contribution >= 4 is 0 Å². The molecule has 0 bridgehead atoms. The third kappa shape index (κ3) is 1.71. The van der Waals surface area contributed by atoms with Gasteiger partial charge in [0.15, 0.2) is 0 Å². The largest absolute Gasteiger partial charge is 0.310 e. The summed E-state index contributed by atoms with van der Waals surface area (Å²) in [6, 6.07) is 16.2. The van der Waals surface area contributed by atoms with Gasteiger partial charge < -0.3 is 5.32 Å². The lowest BCUT2D eigenvalue weighted by Crippen LogP contribution is -2.33. The van der Waals surface area contributed by atoms with Gasteiger partial charge in [-0.15, -0.1) is 0 Å². The summed E-state index contributed by atoms with van der Waals surface area (Å²) in [5.74, 6) is 0.613. The van der Waals surface area contributed by atoms with Gasteiger partial charge in [0.05, 0.1) is 0 Å². The molecule has 2 aromatic carbocycles. The molecule has 20 heavy (non-hydrogen) atoms. The Bertz CT molecular complexity index is 637. The molecule has 2 aliphatic rings. The van der Waals surface area contributed by atoms with Crippen LogP contribution in [-0.2, 0) is 0 Å². The number of benzene rings is 2. The average molecular weight is 267 g/mol. The van der Waals surface area contributed by atoms with Crippen LogP contribution >= 0.6 is 0 Å². The van der Waals surface area contributed by atoms with E-state index in [0.717, 1.165) is 12.1 Å². The first-order valence-electron chi connectivity index (χ1n) is 7.43. The number of hydrogen-bond donors (Lipinski definition) is 1. The molecule has 0 aromatic heterocycles. The van der Waals surface area contributed by atoms with Gasteiger partial charge in [-0.2, -0.15) is 0 Å². The van der Waals surface area contributed by atoms with Gasteiger partial charge in [0.1, 0.15) is 5.82 Å². The molecule has 1 heterocycles. The molecule has 1 nitrogen and oxygen atoms in total. The molecule has 2 heteroatoms. The molecule has 2 aromatic rings. The second kappa shape index (κ2) is 4.71. The van der Waals surface area contributed by atoms with Crippen molar-refractivity contribution in [1.82, 2.24) is 5.32 Å². The first-order valence-corrected chi connectivity index (χ1v) is 7.43. The lowest BCUT2D eigenvalue weighted by molar-refractivity contribution is 0.284. The number of fused-ring (bicyclic) bond motifs is 3. The summed E-state index contributed by atoms with van der Waals surface area (Å²) in [6.45, 7) is 1.07. The Hall–Kier alpha value is -1.67. The lowest BCUT2D eigenvalue weighted by atomic mass is 9.80. The van der Waals surface area contributed by atoms with Gasteiger partial charge in [0, 0.05) is 12.0 Å². The van der Waals surface area contributed by atoms with Crippen LogP contribution in [0.4, 0.5) is 4.39 Å². The fourth-order valence-corrected chi connectivity index (χ4v) is 4.05. The number of piperidine rings is 1. The molecule has 1 N–H and O–H groups in total. The quantitative estimate of drug-likeness (QED) is 0.823. The molecule has 3 atom stereocenters. The third-order valence-corrected chi connectivity index (χ3v) is 4.84. The standard InChI is InChI=1S/C18H18FN/c19-16-10-4-3-8-14(16)17-12-6-1-2-7-13(12)18-15(17)9-5-11-20-18/h1-4,6-8,10,15,17-18,20H,5,9,11H2/t15-,17+,18+/m0/s1. The summed E-state index contributed by atoms with van der Waals surface area (Å²) in [4.78, 5) is 0. The van der Waals surface area contributed by atoms with E-state index >= 15 is 0 Å². The fraction of sp³-hybridized carbons (Fsp3) is 0.333. The molecular weight excluding hydrogens is 249 g/mol. The molecule has 1 aliphatic heterocycles. The van der Waals surface area contributed by atoms with E-state index in [0.29, 0.717) is 12.0 Å². The highest BCUT2D eigenvalue weighted by atomic mass is 19.1. The van der Waals surface area contributed by atoms with Crippen molar-refractivity contribution in [2.24, 2.45) is 5.92 Å². The Morgan fingerprint density at radius 1 is 0.900 bits per heavy atom. The molecule has 0 amide bonds. The molecule has 1 fully saturated rings. The van der Waals surface area contributed by atoms with Crippen molar-refractivity contribution in [2.75, 3.05) is 6.54 Å². The van der Waals surface area contributed by atoms with Crippen LogP contribution in [0, 0.1) is 11.7 Å². The Labute approximate surface area is 118 Å². The maximum atomic E-state index is 14.3. The van der Waals surface area contributed by atoms with E-state index in [4.69, 9.17) is 0 Å². The van der Waals surface area contributed by atoms with Crippen LogP contribution in [0.25, 0.3) is 0 Å². The van der Waals surface area contributed by atoms with E-state index in [9.17, 15) is 4.39 Å². The predicted molar refractivity (Wildman–Crippen MR) is 78.2 cm³/mol. The van der Waals surface area contributed by atoms with Crippen molar-refractivity contribution in [3.05, 3.63) is 71.0 Å². The van der Waals surface area contributed by atoms with Gasteiger partial charge in [-0.05, 0) is 48.1 Å². The molecule has 1 aliphatic carbocycles. The van der Waals surface area contributed by atoms with Gasteiger partial charge in [-0.3, -0.25) is 0 Å². The summed E-state index contributed by atoms with van der Waals surface area (Å²) in [7, 11) is 0. The normalized spacial score (nSPS) is 27.9. The molecule has 0 spiro atoms. The van der Waals surface area contributed by atoms with E-state index in [-0.39, 0.29) is 11.7 Å². The zero-order valence-corrected chi connectivity index (χ0v) is 11.4. The lowest BCUT2D eigenvalue weighted by Gasteiger charge is -2.31. The van der Waals surface area contributed by atoms with Crippen LogP contribution in [0.15, 0.2) is 48.5 Å². The fourth-order valence-electron chi connectivity index (χ4n) is 4.05. The molecule has 0 radical (unpaired) electrons. The van der Waals surface area contributed by atoms with Gasteiger partial charge in [-0.1, -0.05) is 42.5 Å². The SMILES string of the molecule is Fc1ccccc1[C@H]1c2ccccc2[C@H]2NCCC[C@@H]12. The first-order chi connectivity index (χ1) is 9.86. The predicted octanol–water partition coefficient (Wildman–Crippen LogP) is 4.01. The molecule has 102 valence electrons. The molecule has 0 saturated carbocycles. The van der Waals surface area contributed by atoms with Crippen LogP contribution in [0.2, 0.25) is 0 Å². The Morgan fingerprint density at radius 2 is 1.60 bits per heavy atom. The highest BCUT2D eigenvalue weighted by Crippen LogP contribution is 2.51. The van der Waals surface area contributed by atoms with E-state index < -0.39 is 0 Å². The maximum Gasteiger partial charge on any atom is 0.127 e. The molecule has 0 unspecified atom stereocenters. The summed E-state index contributed by atoms with van der Waals surface area (Å²) in [5, 5.41) is 3.63. The summed E-state index contributed by atoms with van der Waals surface area (Å²) < 4.78 is 14.3. The van der Waals surface area contributed by atoms with Crippen molar-refractivity contribution in [2.45, 2.75) is 24.8 Å². The van der Waals surface area contributed by atoms with Gasteiger partial charge in [0.25, 0.3) is 0 Å². The van der Waals surface area contributed by atoms with E-state index in [1.54, 1.807) is 12.1 Å². The minimum absolute atomic E-state index is 0.0708. The summed E-state index contributed by atoms with van der Waals surface area (Å²) in [5.41, 5.74) is 3.53. The van der Waals surface area contributed by atoms with Gasteiger partial charge in [0.2, 0.25) is 0 Å². The minimum Gasteiger partial charge on any atom is -0.310 e. The van der Waals surface area contributed by atoms with E-state index in [2.05, 4.69) is 29.6 Å². The van der Waals surface area contributed by atoms with Crippen LogP contribution in [0.1, 0.15) is 41.5 Å². The van der Waals surface area contributed by atoms with Gasteiger partial charge >= 0.3 is 0 Å². The number of rotatable bonds is 1. The third-order valence-electron chi connectivity index (χ3n) is 4.84. The highest BCUT2D eigenvalue weighted by Gasteiger charge is 2.42. The van der Waals surface area contributed by atoms with Crippen molar-refractivity contribution < 1.29 is 4.39 Å². The number of nitrogens with one attached hydrogen (secondary N) is 1. The Balaban J connectivity index is 1.88. The van der Waals surface area contributed by atoms with Crippen molar-refractivity contribution in [1.29, 1.82) is 0 Å². The monoisotopic (exact) mass is 267 g/mol. The maximum absolute atomic E-state index is 14.3. The molecule has 1 saturated heterocycles. The zero-order chi connectivity index (χ0) is 13.5.